The van der Waals surface area contributed by atoms with E-state index in [0.717, 1.165) is 37.8 Å². The normalized spacial score (nSPS) is 27.9. The second-order valence-electron chi connectivity index (χ2n) is 5.32. The molecule has 1 fully saturated rings. The van der Waals surface area contributed by atoms with Crippen LogP contribution in [0.2, 0.25) is 0 Å². The summed E-state index contributed by atoms with van der Waals surface area (Å²) in [6.07, 6.45) is 6.66. The van der Waals surface area contributed by atoms with Crippen LogP contribution in [-0.4, -0.2) is 16.1 Å². The highest BCUT2D eigenvalue weighted by molar-refractivity contribution is 5.70. The van der Waals surface area contributed by atoms with E-state index >= 15 is 0 Å². The fourth-order valence-corrected chi connectivity index (χ4v) is 3.07. The van der Waals surface area contributed by atoms with Gasteiger partial charge in [0.05, 0.1) is 5.92 Å². The molecule has 0 aliphatic heterocycles. The summed E-state index contributed by atoms with van der Waals surface area (Å²) in [4.78, 5) is 15.7. The SMILES string of the molecule is CCC1CCC(C(=O)O)C(Cc2ccccn2)C1. The molecule has 1 aliphatic rings. The van der Waals surface area contributed by atoms with Crippen LogP contribution in [0.5, 0.6) is 0 Å². The number of hydrogen-bond acceptors (Lipinski definition) is 2. The van der Waals surface area contributed by atoms with E-state index in [2.05, 4.69) is 11.9 Å². The van der Waals surface area contributed by atoms with E-state index in [-0.39, 0.29) is 11.8 Å². The Morgan fingerprint density at radius 2 is 2.28 bits per heavy atom. The van der Waals surface area contributed by atoms with Crippen molar-refractivity contribution in [3.63, 3.8) is 0 Å². The van der Waals surface area contributed by atoms with E-state index in [9.17, 15) is 9.90 Å². The number of aliphatic carboxylic acids is 1. The lowest BCUT2D eigenvalue weighted by Crippen LogP contribution is -2.32. The van der Waals surface area contributed by atoms with Crippen LogP contribution in [0.4, 0.5) is 0 Å². The van der Waals surface area contributed by atoms with Crippen molar-refractivity contribution in [3.8, 4) is 0 Å². The molecule has 18 heavy (non-hydrogen) atoms. The maximum absolute atomic E-state index is 11.3. The van der Waals surface area contributed by atoms with Crippen molar-refractivity contribution in [1.82, 2.24) is 4.98 Å². The van der Waals surface area contributed by atoms with Crippen molar-refractivity contribution in [2.24, 2.45) is 17.8 Å². The van der Waals surface area contributed by atoms with Crippen LogP contribution in [-0.2, 0) is 11.2 Å². The maximum atomic E-state index is 11.3. The molecule has 1 aromatic heterocycles. The lowest BCUT2D eigenvalue weighted by molar-refractivity contribution is -0.145. The van der Waals surface area contributed by atoms with E-state index < -0.39 is 5.97 Å². The Bertz CT molecular complexity index is 391. The molecule has 3 atom stereocenters. The van der Waals surface area contributed by atoms with Gasteiger partial charge in [0.1, 0.15) is 0 Å². The van der Waals surface area contributed by atoms with Gasteiger partial charge in [0.15, 0.2) is 0 Å². The topological polar surface area (TPSA) is 50.2 Å². The van der Waals surface area contributed by atoms with Crippen LogP contribution < -0.4 is 0 Å². The molecule has 1 heterocycles. The predicted molar refractivity (Wildman–Crippen MR) is 70.2 cm³/mol. The highest BCUT2D eigenvalue weighted by atomic mass is 16.4. The fourth-order valence-electron chi connectivity index (χ4n) is 3.07. The minimum atomic E-state index is -0.634. The van der Waals surface area contributed by atoms with E-state index in [1.165, 1.54) is 0 Å². The molecule has 3 heteroatoms. The van der Waals surface area contributed by atoms with Crippen LogP contribution in [0.15, 0.2) is 24.4 Å². The van der Waals surface area contributed by atoms with Crippen molar-refractivity contribution >= 4 is 5.97 Å². The Kier molecular flexibility index (Phi) is 4.34. The number of carboxylic acids is 1. The largest absolute Gasteiger partial charge is 0.481 e. The van der Waals surface area contributed by atoms with Crippen LogP contribution >= 0.6 is 0 Å². The Hall–Kier alpha value is -1.38. The van der Waals surface area contributed by atoms with Crippen molar-refractivity contribution in [3.05, 3.63) is 30.1 Å². The summed E-state index contributed by atoms with van der Waals surface area (Å²) in [5.74, 6) is 0.116. The van der Waals surface area contributed by atoms with Crippen molar-refractivity contribution in [1.29, 1.82) is 0 Å². The smallest absolute Gasteiger partial charge is 0.306 e. The first-order valence-corrected chi connectivity index (χ1v) is 6.83. The number of aromatic nitrogens is 1. The molecule has 0 radical (unpaired) electrons. The minimum absolute atomic E-state index is 0.185. The first-order valence-electron chi connectivity index (χ1n) is 6.83. The monoisotopic (exact) mass is 247 g/mol. The van der Waals surface area contributed by atoms with Crippen molar-refractivity contribution in [2.45, 2.75) is 39.0 Å². The first kappa shape index (κ1) is 13.1. The minimum Gasteiger partial charge on any atom is -0.481 e. The molecule has 0 aromatic carbocycles. The zero-order valence-corrected chi connectivity index (χ0v) is 10.9. The second-order valence-corrected chi connectivity index (χ2v) is 5.32. The molecule has 1 saturated carbocycles. The molecule has 0 saturated heterocycles. The summed E-state index contributed by atoms with van der Waals surface area (Å²) >= 11 is 0. The Morgan fingerprint density at radius 3 is 2.89 bits per heavy atom. The molecule has 0 spiro atoms. The summed E-state index contributed by atoms with van der Waals surface area (Å²) in [7, 11) is 0. The Balaban J connectivity index is 2.07. The number of carboxylic acid groups (broad SMARTS) is 1. The average molecular weight is 247 g/mol. The number of pyridine rings is 1. The van der Waals surface area contributed by atoms with Crippen LogP contribution in [0.25, 0.3) is 0 Å². The number of hydrogen-bond donors (Lipinski definition) is 1. The molecule has 1 aliphatic carbocycles. The number of nitrogens with zero attached hydrogens (tertiary/aromatic N) is 1. The quantitative estimate of drug-likeness (QED) is 0.889. The number of carbonyl (C=O) groups is 1. The molecular weight excluding hydrogens is 226 g/mol. The molecule has 1 aromatic rings. The molecule has 0 bridgehead atoms. The van der Waals surface area contributed by atoms with Gasteiger partial charge in [-0.3, -0.25) is 9.78 Å². The third-order valence-corrected chi connectivity index (χ3v) is 4.18. The lowest BCUT2D eigenvalue weighted by Gasteiger charge is -2.33. The van der Waals surface area contributed by atoms with Crippen LogP contribution in [0, 0.1) is 17.8 Å². The molecule has 0 amide bonds. The summed E-state index contributed by atoms with van der Waals surface area (Å²) in [5.41, 5.74) is 1.02. The van der Waals surface area contributed by atoms with Gasteiger partial charge in [0.2, 0.25) is 0 Å². The fraction of sp³-hybridized carbons (Fsp3) is 0.600. The van der Waals surface area contributed by atoms with Gasteiger partial charge in [-0.15, -0.1) is 0 Å². The summed E-state index contributed by atoms with van der Waals surface area (Å²) in [6.45, 7) is 2.20. The van der Waals surface area contributed by atoms with Gasteiger partial charge in [0, 0.05) is 11.9 Å². The Labute approximate surface area is 108 Å². The van der Waals surface area contributed by atoms with Crippen LogP contribution in [0.1, 0.15) is 38.3 Å². The van der Waals surface area contributed by atoms with Gasteiger partial charge >= 0.3 is 5.97 Å². The summed E-state index contributed by atoms with van der Waals surface area (Å²) in [6, 6.07) is 5.86. The molecule has 1 N–H and O–H groups in total. The van der Waals surface area contributed by atoms with Gasteiger partial charge in [-0.25, -0.2) is 0 Å². The van der Waals surface area contributed by atoms with Gasteiger partial charge < -0.3 is 5.11 Å². The summed E-state index contributed by atoms with van der Waals surface area (Å²) < 4.78 is 0. The third kappa shape index (κ3) is 3.09. The molecule has 98 valence electrons. The molecule has 3 nitrogen and oxygen atoms in total. The first-order chi connectivity index (χ1) is 8.70. The number of rotatable bonds is 4. The standard InChI is InChI=1S/C15H21NO2/c1-2-11-6-7-14(15(17)18)12(9-11)10-13-5-3-4-8-16-13/h3-5,8,11-12,14H,2,6-7,9-10H2,1H3,(H,17,18). The molecular formula is C15H21NO2. The zero-order valence-electron chi connectivity index (χ0n) is 10.9. The highest BCUT2D eigenvalue weighted by Crippen LogP contribution is 2.37. The zero-order chi connectivity index (χ0) is 13.0. The average Bonchev–Trinajstić information content (AvgIpc) is 2.39. The van der Waals surface area contributed by atoms with E-state index in [1.54, 1.807) is 6.20 Å². The lowest BCUT2D eigenvalue weighted by atomic mass is 9.71. The van der Waals surface area contributed by atoms with Crippen LogP contribution in [0.3, 0.4) is 0 Å². The van der Waals surface area contributed by atoms with Gasteiger partial charge in [-0.1, -0.05) is 19.4 Å². The predicted octanol–water partition coefficient (Wildman–Crippen LogP) is 3.15. The van der Waals surface area contributed by atoms with E-state index in [1.807, 2.05) is 18.2 Å². The molecule has 2 rings (SSSR count). The highest BCUT2D eigenvalue weighted by Gasteiger charge is 2.34. The van der Waals surface area contributed by atoms with Crippen molar-refractivity contribution < 1.29 is 9.90 Å². The second kappa shape index (κ2) is 5.98. The van der Waals surface area contributed by atoms with Crippen molar-refractivity contribution in [2.75, 3.05) is 0 Å². The van der Waals surface area contributed by atoms with Gasteiger partial charge in [0.25, 0.3) is 0 Å². The van der Waals surface area contributed by atoms with Gasteiger partial charge in [-0.2, -0.15) is 0 Å². The third-order valence-electron chi connectivity index (χ3n) is 4.18. The van der Waals surface area contributed by atoms with E-state index in [0.29, 0.717) is 5.92 Å². The van der Waals surface area contributed by atoms with E-state index in [4.69, 9.17) is 0 Å². The summed E-state index contributed by atoms with van der Waals surface area (Å²) in [5, 5.41) is 9.33. The Morgan fingerprint density at radius 1 is 1.44 bits per heavy atom. The van der Waals surface area contributed by atoms with Gasteiger partial charge in [-0.05, 0) is 49.7 Å². The molecule has 3 unspecified atom stereocenters. The maximum Gasteiger partial charge on any atom is 0.306 e.